The van der Waals surface area contributed by atoms with Gasteiger partial charge in [-0.05, 0) is 36.2 Å². The fourth-order valence-corrected chi connectivity index (χ4v) is 2.05. The van der Waals surface area contributed by atoms with Crippen molar-refractivity contribution in [3.05, 3.63) is 58.1 Å². The molecule has 0 aliphatic rings. The van der Waals surface area contributed by atoms with Gasteiger partial charge in [0.2, 0.25) is 5.75 Å². The van der Waals surface area contributed by atoms with Crippen LogP contribution in [0.3, 0.4) is 0 Å². The van der Waals surface area contributed by atoms with E-state index in [1.54, 1.807) is 24.3 Å². The molecule has 2 aromatic carbocycles. The van der Waals surface area contributed by atoms with E-state index in [-0.39, 0.29) is 17.1 Å². The maximum Gasteiger partial charge on any atom is 0.335 e. The number of hydrogen-bond donors (Lipinski definition) is 2. The molecule has 6 nitrogen and oxygen atoms in total. The molecule has 2 rings (SSSR count). The lowest BCUT2D eigenvalue weighted by molar-refractivity contribution is -0.384. The Morgan fingerprint density at radius 3 is 2.52 bits per heavy atom. The van der Waals surface area contributed by atoms with Crippen molar-refractivity contribution < 1.29 is 9.66 Å². The van der Waals surface area contributed by atoms with Gasteiger partial charge in [0.25, 0.3) is 0 Å². The van der Waals surface area contributed by atoms with Gasteiger partial charge in [-0.2, -0.15) is 0 Å². The van der Waals surface area contributed by atoms with E-state index in [4.69, 9.17) is 10.6 Å². The number of hydrogen-bond acceptors (Lipinski definition) is 5. The van der Waals surface area contributed by atoms with Crippen LogP contribution >= 0.6 is 0 Å². The summed E-state index contributed by atoms with van der Waals surface area (Å²) in [5, 5.41) is 11.2. The highest BCUT2D eigenvalue weighted by molar-refractivity contribution is 5.68. The van der Waals surface area contributed by atoms with Gasteiger partial charge in [0, 0.05) is 0 Å². The monoisotopic (exact) mass is 287 g/mol. The Morgan fingerprint density at radius 1 is 1.24 bits per heavy atom. The molecule has 0 saturated heterocycles. The maximum absolute atomic E-state index is 11.2. The first kappa shape index (κ1) is 14.8. The first-order valence-electron chi connectivity index (χ1n) is 6.66. The first-order valence-corrected chi connectivity index (χ1v) is 6.66. The fourth-order valence-electron chi connectivity index (χ4n) is 2.05. The zero-order chi connectivity index (χ0) is 15.2. The Kier molecular flexibility index (Phi) is 4.73. The zero-order valence-electron chi connectivity index (χ0n) is 11.7. The topological polar surface area (TPSA) is 90.4 Å². The van der Waals surface area contributed by atoms with Gasteiger partial charge < -0.3 is 10.2 Å². The minimum Gasteiger partial charge on any atom is -0.450 e. The van der Waals surface area contributed by atoms with Crippen LogP contribution in [0.25, 0.3) is 0 Å². The second-order valence-corrected chi connectivity index (χ2v) is 4.55. The normalized spacial score (nSPS) is 10.2. The second kappa shape index (κ2) is 6.71. The SMILES string of the molecule is CCCc1ccc(Oc2cccc(NN)c2[N+](=O)[O-])cc1. The van der Waals surface area contributed by atoms with Crippen molar-refractivity contribution in [2.24, 2.45) is 5.84 Å². The maximum atomic E-state index is 11.2. The summed E-state index contributed by atoms with van der Waals surface area (Å²) in [5.74, 6) is 5.99. The number of nitro groups is 1. The van der Waals surface area contributed by atoms with Crippen LogP contribution in [0.1, 0.15) is 18.9 Å². The average molecular weight is 287 g/mol. The Balaban J connectivity index is 2.28. The average Bonchev–Trinajstić information content (AvgIpc) is 2.49. The molecular formula is C15H17N3O3. The number of anilines is 1. The summed E-state index contributed by atoms with van der Waals surface area (Å²) in [5.41, 5.74) is 3.54. The van der Waals surface area contributed by atoms with E-state index in [0.717, 1.165) is 12.8 Å². The highest BCUT2D eigenvalue weighted by atomic mass is 16.6. The number of nitro benzene ring substituents is 1. The van der Waals surface area contributed by atoms with Crippen molar-refractivity contribution in [3.63, 3.8) is 0 Å². The van der Waals surface area contributed by atoms with Crippen LogP contribution in [-0.4, -0.2) is 4.92 Å². The standard InChI is InChI=1S/C15H17N3O3/c1-2-4-11-7-9-12(10-8-11)21-14-6-3-5-13(17-16)15(14)18(19)20/h3,5-10,17H,2,4,16H2,1H3. The molecule has 21 heavy (non-hydrogen) atoms. The van der Waals surface area contributed by atoms with Gasteiger partial charge in [0.05, 0.1) is 4.92 Å². The summed E-state index contributed by atoms with van der Waals surface area (Å²) in [7, 11) is 0. The van der Waals surface area contributed by atoms with Crippen molar-refractivity contribution >= 4 is 11.4 Å². The van der Waals surface area contributed by atoms with Crippen LogP contribution in [0.4, 0.5) is 11.4 Å². The summed E-state index contributed by atoms with van der Waals surface area (Å²) < 4.78 is 5.61. The van der Waals surface area contributed by atoms with Crippen molar-refractivity contribution in [2.45, 2.75) is 19.8 Å². The highest BCUT2D eigenvalue weighted by Gasteiger charge is 2.20. The van der Waals surface area contributed by atoms with Crippen LogP contribution in [0.2, 0.25) is 0 Å². The van der Waals surface area contributed by atoms with Crippen LogP contribution < -0.4 is 16.0 Å². The van der Waals surface area contributed by atoms with Gasteiger partial charge in [-0.1, -0.05) is 31.5 Å². The number of nitrogens with zero attached hydrogens (tertiary/aromatic N) is 1. The molecular weight excluding hydrogens is 270 g/mol. The lowest BCUT2D eigenvalue weighted by atomic mass is 10.1. The molecule has 0 radical (unpaired) electrons. The molecule has 0 aliphatic heterocycles. The summed E-state index contributed by atoms with van der Waals surface area (Å²) >= 11 is 0. The summed E-state index contributed by atoms with van der Waals surface area (Å²) in [4.78, 5) is 10.6. The molecule has 0 fully saturated rings. The van der Waals surface area contributed by atoms with Crippen molar-refractivity contribution in [2.75, 3.05) is 5.43 Å². The molecule has 0 heterocycles. The lowest BCUT2D eigenvalue weighted by Gasteiger charge is -2.09. The summed E-state index contributed by atoms with van der Waals surface area (Å²) in [6.45, 7) is 2.11. The predicted molar refractivity (Wildman–Crippen MR) is 81.4 cm³/mol. The molecule has 6 heteroatoms. The number of nitrogen functional groups attached to an aromatic ring is 1. The van der Waals surface area contributed by atoms with Gasteiger partial charge in [-0.3, -0.25) is 16.0 Å². The first-order chi connectivity index (χ1) is 10.2. The van der Waals surface area contributed by atoms with Gasteiger partial charge in [-0.15, -0.1) is 0 Å². The number of nitrogens with one attached hydrogen (secondary N) is 1. The smallest absolute Gasteiger partial charge is 0.335 e. The lowest BCUT2D eigenvalue weighted by Crippen LogP contribution is -2.09. The van der Waals surface area contributed by atoms with E-state index >= 15 is 0 Å². The van der Waals surface area contributed by atoms with Crippen LogP contribution in [0, 0.1) is 10.1 Å². The van der Waals surface area contributed by atoms with Gasteiger partial charge in [0.15, 0.2) is 0 Å². The molecule has 0 atom stereocenters. The van der Waals surface area contributed by atoms with Crippen LogP contribution in [-0.2, 0) is 6.42 Å². The van der Waals surface area contributed by atoms with Crippen molar-refractivity contribution in [3.8, 4) is 11.5 Å². The molecule has 0 saturated carbocycles. The van der Waals surface area contributed by atoms with Gasteiger partial charge in [-0.25, -0.2) is 0 Å². The van der Waals surface area contributed by atoms with E-state index in [0.29, 0.717) is 5.75 Å². The largest absolute Gasteiger partial charge is 0.450 e. The molecule has 3 N–H and O–H groups in total. The minimum atomic E-state index is -0.518. The van der Waals surface area contributed by atoms with Gasteiger partial charge >= 0.3 is 5.69 Å². The zero-order valence-corrected chi connectivity index (χ0v) is 11.7. The molecule has 0 aromatic heterocycles. The number of aryl methyl sites for hydroxylation is 1. The molecule has 0 amide bonds. The highest BCUT2D eigenvalue weighted by Crippen LogP contribution is 2.36. The van der Waals surface area contributed by atoms with E-state index < -0.39 is 4.92 Å². The third-order valence-corrected chi connectivity index (χ3v) is 3.03. The number of benzene rings is 2. The van der Waals surface area contributed by atoms with E-state index in [9.17, 15) is 10.1 Å². The Morgan fingerprint density at radius 2 is 1.95 bits per heavy atom. The van der Waals surface area contributed by atoms with E-state index in [2.05, 4.69) is 12.3 Å². The van der Waals surface area contributed by atoms with Crippen molar-refractivity contribution in [1.82, 2.24) is 0 Å². The second-order valence-electron chi connectivity index (χ2n) is 4.55. The Bertz CT molecular complexity index is 627. The molecule has 0 aliphatic carbocycles. The number of ether oxygens (including phenoxy) is 1. The van der Waals surface area contributed by atoms with Crippen molar-refractivity contribution in [1.29, 1.82) is 0 Å². The van der Waals surface area contributed by atoms with Crippen LogP contribution in [0.15, 0.2) is 42.5 Å². The molecule has 110 valence electrons. The summed E-state index contributed by atoms with van der Waals surface area (Å²) in [6, 6.07) is 12.2. The quantitative estimate of drug-likeness (QED) is 0.481. The Labute approximate surface area is 122 Å². The van der Waals surface area contributed by atoms with Gasteiger partial charge in [0.1, 0.15) is 11.4 Å². The third-order valence-electron chi connectivity index (χ3n) is 3.03. The molecule has 0 spiro atoms. The molecule has 2 aromatic rings. The third kappa shape index (κ3) is 3.49. The number of rotatable bonds is 6. The van der Waals surface area contributed by atoms with Crippen LogP contribution in [0.5, 0.6) is 11.5 Å². The van der Waals surface area contributed by atoms with E-state index in [1.165, 1.54) is 11.6 Å². The number of para-hydroxylation sites is 1. The number of hydrazine groups is 1. The van der Waals surface area contributed by atoms with E-state index in [1.807, 2.05) is 12.1 Å². The minimum absolute atomic E-state index is 0.152. The summed E-state index contributed by atoms with van der Waals surface area (Å²) in [6.07, 6.45) is 2.06. The predicted octanol–water partition coefficient (Wildman–Crippen LogP) is 3.63. The number of nitrogens with two attached hydrogens (primary N) is 1. The molecule has 0 unspecified atom stereocenters. The fraction of sp³-hybridized carbons (Fsp3) is 0.200. The Hall–Kier alpha value is -2.60. The molecule has 0 bridgehead atoms.